The van der Waals surface area contributed by atoms with Crippen LogP contribution in [0.15, 0.2) is 53.3 Å². The first-order valence-electron chi connectivity index (χ1n) is 4.22. The van der Waals surface area contributed by atoms with Gasteiger partial charge in [-0.2, -0.15) is 0 Å². The van der Waals surface area contributed by atoms with Crippen LogP contribution in [-0.2, 0) is 4.79 Å². The summed E-state index contributed by atoms with van der Waals surface area (Å²) in [5.74, 6) is -0.0683. The summed E-state index contributed by atoms with van der Waals surface area (Å²) in [6.45, 7) is 7.42. The number of aliphatic imine (C=N–C) groups is 1. The van der Waals surface area contributed by atoms with E-state index in [0.717, 1.165) is 5.57 Å². The fraction of sp³-hybridized carbons (Fsp3) is 0.0909. The van der Waals surface area contributed by atoms with Gasteiger partial charge in [-0.25, -0.2) is 0 Å². The van der Waals surface area contributed by atoms with Gasteiger partial charge in [-0.15, -0.1) is 0 Å². The fourth-order valence-electron chi connectivity index (χ4n) is 1.16. The van der Waals surface area contributed by atoms with Crippen molar-refractivity contribution in [1.82, 2.24) is 5.32 Å². The number of carbonyl (C=O) groups excluding carboxylic acids is 1. The van der Waals surface area contributed by atoms with Gasteiger partial charge in [0.1, 0.15) is 0 Å². The van der Waals surface area contributed by atoms with Crippen molar-refractivity contribution in [2.24, 2.45) is 4.99 Å². The van der Waals surface area contributed by atoms with Gasteiger partial charge in [-0.1, -0.05) is 12.7 Å². The van der Waals surface area contributed by atoms with E-state index in [0.29, 0.717) is 12.1 Å². The molecular weight excluding hydrogens is 176 g/mol. The highest BCUT2D eigenvalue weighted by molar-refractivity contribution is 6.07. The summed E-state index contributed by atoms with van der Waals surface area (Å²) in [6.07, 6.45) is 8.16. The number of nitrogens with one attached hydrogen (secondary N) is 1. The Bertz CT molecular complexity index is 348. The maximum Gasteiger partial charge on any atom is 0.187 e. The Hall–Kier alpha value is -1.90. The van der Waals surface area contributed by atoms with Gasteiger partial charge < -0.3 is 5.32 Å². The van der Waals surface area contributed by atoms with Crippen LogP contribution in [0.1, 0.15) is 0 Å². The second-order valence-corrected chi connectivity index (χ2v) is 2.72. The molecule has 0 aliphatic carbocycles. The van der Waals surface area contributed by atoms with E-state index in [4.69, 9.17) is 0 Å². The minimum atomic E-state index is -0.0683. The van der Waals surface area contributed by atoms with Crippen molar-refractivity contribution >= 4 is 12.5 Å². The lowest BCUT2D eigenvalue weighted by Gasteiger charge is -1.97. The summed E-state index contributed by atoms with van der Waals surface area (Å²) in [5.41, 5.74) is 1.60. The Balaban J connectivity index is 2.81. The van der Waals surface area contributed by atoms with Crippen LogP contribution < -0.4 is 5.32 Å². The number of rotatable bonds is 4. The van der Waals surface area contributed by atoms with Gasteiger partial charge >= 0.3 is 0 Å². The van der Waals surface area contributed by atoms with E-state index in [1.54, 1.807) is 18.5 Å². The van der Waals surface area contributed by atoms with Crippen LogP contribution in [0.3, 0.4) is 0 Å². The number of hydrogen-bond acceptors (Lipinski definition) is 3. The molecule has 3 nitrogen and oxygen atoms in total. The molecule has 1 rings (SSSR count). The second kappa shape index (κ2) is 4.97. The summed E-state index contributed by atoms with van der Waals surface area (Å²) < 4.78 is 0. The molecule has 0 aromatic rings. The lowest BCUT2D eigenvalue weighted by Crippen LogP contribution is -2.02. The summed E-state index contributed by atoms with van der Waals surface area (Å²) in [6, 6.07) is 0. The third-order valence-corrected chi connectivity index (χ3v) is 1.82. The topological polar surface area (TPSA) is 41.5 Å². The molecule has 0 aromatic heterocycles. The van der Waals surface area contributed by atoms with Crippen molar-refractivity contribution in [1.29, 1.82) is 0 Å². The molecule has 0 amide bonds. The molecule has 0 bridgehead atoms. The van der Waals surface area contributed by atoms with Gasteiger partial charge in [-0.3, -0.25) is 9.79 Å². The zero-order chi connectivity index (χ0) is 10.4. The highest BCUT2D eigenvalue weighted by Crippen LogP contribution is 2.15. The normalized spacial score (nSPS) is 18.0. The third-order valence-electron chi connectivity index (χ3n) is 1.82. The third kappa shape index (κ3) is 2.29. The van der Waals surface area contributed by atoms with Crippen LogP contribution in [0, 0.1) is 0 Å². The van der Waals surface area contributed by atoms with E-state index in [2.05, 4.69) is 23.6 Å². The minimum absolute atomic E-state index is 0.0683. The van der Waals surface area contributed by atoms with Gasteiger partial charge in [-0.05, 0) is 24.4 Å². The predicted octanol–water partition coefficient (Wildman–Crippen LogP) is 1.37. The van der Waals surface area contributed by atoms with E-state index in [-0.39, 0.29) is 5.78 Å². The van der Waals surface area contributed by atoms with Crippen LogP contribution in [0.4, 0.5) is 0 Å². The number of nitrogens with zero attached hydrogens (tertiary/aromatic N) is 1. The van der Waals surface area contributed by atoms with E-state index in [9.17, 15) is 4.79 Å². The van der Waals surface area contributed by atoms with Crippen molar-refractivity contribution < 1.29 is 4.79 Å². The lowest BCUT2D eigenvalue weighted by molar-refractivity contribution is -0.111. The summed E-state index contributed by atoms with van der Waals surface area (Å²) in [5, 5.41) is 2.99. The van der Waals surface area contributed by atoms with E-state index < -0.39 is 0 Å². The van der Waals surface area contributed by atoms with E-state index in [1.807, 2.05) is 6.08 Å². The first kappa shape index (κ1) is 10.2. The molecule has 1 aliphatic rings. The number of allylic oxidation sites excluding steroid dienone is 3. The minimum Gasteiger partial charge on any atom is -0.386 e. The largest absolute Gasteiger partial charge is 0.386 e. The number of hydrogen-bond donors (Lipinski definition) is 1. The Labute approximate surface area is 83.2 Å². The second-order valence-electron chi connectivity index (χ2n) is 2.72. The van der Waals surface area contributed by atoms with Gasteiger partial charge in [0, 0.05) is 24.5 Å². The highest BCUT2D eigenvalue weighted by atomic mass is 16.1. The van der Waals surface area contributed by atoms with Crippen LogP contribution >= 0.6 is 0 Å². The maximum atomic E-state index is 11.3. The average Bonchev–Trinajstić information content (AvgIpc) is 2.65. The maximum absolute atomic E-state index is 11.3. The van der Waals surface area contributed by atoms with Crippen molar-refractivity contribution in [3.63, 3.8) is 0 Å². The molecular formula is C11H12N2O. The van der Waals surface area contributed by atoms with Crippen LogP contribution in [0.2, 0.25) is 0 Å². The quantitative estimate of drug-likeness (QED) is 0.534. The first-order valence-corrected chi connectivity index (χ1v) is 4.22. The molecule has 0 unspecified atom stereocenters. The Morgan fingerprint density at radius 2 is 2.43 bits per heavy atom. The van der Waals surface area contributed by atoms with Crippen molar-refractivity contribution in [3.8, 4) is 0 Å². The zero-order valence-corrected chi connectivity index (χ0v) is 7.86. The number of carbonyl (C=O) groups is 1. The van der Waals surface area contributed by atoms with Crippen LogP contribution in [0.25, 0.3) is 0 Å². The summed E-state index contributed by atoms with van der Waals surface area (Å²) >= 11 is 0. The highest BCUT2D eigenvalue weighted by Gasteiger charge is 2.15. The van der Waals surface area contributed by atoms with Crippen molar-refractivity contribution in [3.05, 3.63) is 48.4 Å². The number of ketones is 1. The summed E-state index contributed by atoms with van der Waals surface area (Å²) in [7, 11) is 0. The van der Waals surface area contributed by atoms with Crippen LogP contribution in [-0.4, -0.2) is 19.0 Å². The Morgan fingerprint density at radius 3 is 3.07 bits per heavy atom. The van der Waals surface area contributed by atoms with E-state index in [1.165, 1.54) is 6.08 Å². The molecule has 0 atom stereocenters. The fourth-order valence-corrected chi connectivity index (χ4v) is 1.16. The molecule has 0 fully saturated rings. The molecule has 1 N–H and O–H groups in total. The zero-order valence-electron chi connectivity index (χ0n) is 7.86. The average molecular weight is 188 g/mol. The molecule has 14 heavy (non-hydrogen) atoms. The molecule has 0 saturated carbocycles. The standard InChI is InChI=1S/C11H12N2O/c1-3-11(14)10-8-13-7-9(10)5-4-6-12-2/h3-6,8,13H,1-2,7H2/b6-4-,9-5+. The van der Waals surface area contributed by atoms with Crippen LogP contribution in [0.5, 0.6) is 0 Å². The lowest BCUT2D eigenvalue weighted by atomic mass is 10.1. The summed E-state index contributed by atoms with van der Waals surface area (Å²) in [4.78, 5) is 14.9. The van der Waals surface area contributed by atoms with Gasteiger partial charge in [0.25, 0.3) is 0 Å². The van der Waals surface area contributed by atoms with Crippen molar-refractivity contribution in [2.45, 2.75) is 0 Å². The monoisotopic (exact) mass is 188 g/mol. The smallest absolute Gasteiger partial charge is 0.187 e. The molecule has 3 heteroatoms. The van der Waals surface area contributed by atoms with Gasteiger partial charge in [0.05, 0.1) is 0 Å². The predicted molar refractivity (Wildman–Crippen MR) is 58.1 cm³/mol. The molecule has 72 valence electrons. The molecule has 1 heterocycles. The SMILES string of the molecule is C=CC(=O)C1=CNC/C1=C\C=C/N=C. The van der Waals surface area contributed by atoms with Gasteiger partial charge in [0.15, 0.2) is 5.78 Å². The molecule has 0 radical (unpaired) electrons. The Morgan fingerprint density at radius 1 is 1.64 bits per heavy atom. The molecule has 0 saturated heterocycles. The van der Waals surface area contributed by atoms with Gasteiger partial charge in [0.2, 0.25) is 0 Å². The van der Waals surface area contributed by atoms with Crippen molar-refractivity contribution in [2.75, 3.05) is 6.54 Å². The first-order chi connectivity index (χ1) is 6.79. The molecule has 1 aliphatic heterocycles. The Kier molecular flexibility index (Phi) is 3.61. The van der Waals surface area contributed by atoms with E-state index >= 15 is 0 Å². The molecule has 0 aromatic carbocycles. The molecule has 0 spiro atoms.